The van der Waals surface area contributed by atoms with Crippen LogP contribution in [0.5, 0.6) is 5.75 Å². The summed E-state index contributed by atoms with van der Waals surface area (Å²) >= 11 is 1.97. The molecule has 21 heavy (non-hydrogen) atoms. The minimum absolute atomic E-state index is 0.442. The Morgan fingerprint density at radius 1 is 1.33 bits per heavy atom. The molecule has 3 rings (SSSR count). The second-order valence-electron chi connectivity index (χ2n) is 4.95. The quantitative estimate of drug-likeness (QED) is 0.880. The predicted molar refractivity (Wildman–Crippen MR) is 82.8 cm³/mol. The van der Waals surface area contributed by atoms with Crippen molar-refractivity contribution in [2.24, 2.45) is 0 Å². The Morgan fingerprint density at radius 3 is 3.05 bits per heavy atom. The summed E-state index contributed by atoms with van der Waals surface area (Å²) < 4.78 is 10.9. The largest absolute Gasteiger partial charge is 0.493 e. The highest BCUT2D eigenvalue weighted by Gasteiger charge is 2.17. The maximum absolute atomic E-state index is 5.63. The molecule has 2 heterocycles. The molecular weight excluding hydrogens is 286 g/mol. The van der Waals surface area contributed by atoms with Crippen LogP contribution in [0.25, 0.3) is 0 Å². The van der Waals surface area contributed by atoms with Gasteiger partial charge in [0.1, 0.15) is 5.75 Å². The number of para-hydroxylation sites is 1. The van der Waals surface area contributed by atoms with Crippen molar-refractivity contribution in [2.45, 2.75) is 18.9 Å². The predicted octanol–water partition coefficient (Wildman–Crippen LogP) is 1.94. The Bertz CT molecular complexity index is 541. The summed E-state index contributed by atoms with van der Waals surface area (Å²) in [6.07, 6.45) is 1.46. The van der Waals surface area contributed by atoms with Crippen LogP contribution in [0.15, 0.2) is 34.9 Å². The smallest absolute Gasteiger partial charge is 0.228 e. The van der Waals surface area contributed by atoms with Crippen LogP contribution in [0.1, 0.15) is 11.7 Å². The van der Waals surface area contributed by atoms with E-state index in [1.165, 1.54) is 5.75 Å². The molecule has 0 saturated carbocycles. The van der Waals surface area contributed by atoms with E-state index in [4.69, 9.17) is 9.26 Å². The molecule has 1 aliphatic heterocycles. The number of hydrogen-bond donors (Lipinski definition) is 1. The van der Waals surface area contributed by atoms with Gasteiger partial charge in [-0.3, -0.25) is 0 Å². The number of rotatable bonds is 6. The van der Waals surface area contributed by atoms with Gasteiger partial charge in [0, 0.05) is 36.9 Å². The molecule has 1 aliphatic rings. The van der Waals surface area contributed by atoms with Crippen LogP contribution in [-0.2, 0) is 12.8 Å². The lowest BCUT2D eigenvalue weighted by Gasteiger charge is -2.21. The van der Waals surface area contributed by atoms with Gasteiger partial charge in [0.05, 0.1) is 6.61 Å². The highest BCUT2D eigenvalue weighted by molar-refractivity contribution is 7.99. The SMILES string of the molecule is c1ccc(OCCc2noc(CC3CSCCN3)n2)cc1. The van der Waals surface area contributed by atoms with Gasteiger partial charge >= 0.3 is 0 Å². The Hall–Kier alpha value is -1.53. The van der Waals surface area contributed by atoms with Gasteiger partial charge in [-0.05, 0) is 12.1 Å². The van der Waals surface area contributed by atoms with Crippen molar-refractivity contribution in [3.8, 4) is 5.75 Å². The van der Waals surface area contributed by atoms with Gasteiger partial charge in [0.2, 0.25) is 5.89 Å². The van der Waals surface area contributed by atoms with Crippen molar-refractivity contribution in [1.82, 2.24) is 15.5 Å². The first-order valence-electron chi connectivity index (χ1n) is 7.20. The van der Waals surface area contributed by atoms with Crippen LogP contribution < -0.4 is 10.1 Å². The summed E-state index contributed by atoms with van der Waals surface area (Å²) in [5.74, 6) is 4.58. The number of ether oxygens (including phenoxy) is 1. The summed E-state index contributed by atoms with van der Waals surface area (Å²) in [5, 5.41) is 7.48. The highest BCUT2D eigenvalue weighted by atomic mass is 32.2. The molecule has 0 aliphatic carbocycles. The van der Waals surface area contributed by atoms with E-state index in [1.54, 1.807) is 0 Å². The molecule has 5 nitrogen and oxygen atoms in total. The molecule has 1 aromatic carbocycles. The molecule has 0 spiro atoms. The van der Waals surface area contributed by atoms with Crippen LogP contribution in [0.4, 0.5) is 0 Å². The van der Waals surface area contributed by atoms with Gasteiger partial charge in [-0.25, -0.2) is 0 Å². The average Bonchev–Trinajstić information content (AvgIpc) is 2.97. The van der Waals surface area contributed by atoms with Gasteiger partial charge in [0.15, 0.2) is 5.82 Å². The molecular formula is C15H19N3O2S. The normalized spacial score (nSPS) is 18.6. The van der Waals surface area contributed by atoms with E-state index in [0.29, 0.717) is 30.8 Å². The first kappa shape index (κ1) is 14.4. The van der Waals surface area contributed by atoms with Crippen LogP contribution >= 0.6 is 11.8 Å². The van der Waals surface area contributed by atoms with Crippen LogP contribution in [0, 0.1) is 0 Å². The van der Waals surface area contributed by atoms with Crippen molar-refractivity contribution in [3.05, 3.63) is 42.0 Å². The first-order chi connectivity index (χ1) is 10.4. The van der Waals surface area contributed by atoms with Crippen molar-refractivity contribution in [2.75, 3.05) is 24.7 Å². The van der Waals surface area contributed by atoms with E-state index < -0.39 is 0 Å². The van der Waals surface area contributed by atoms with Crippen molar-refractivity contribution in [3.63, 3.8) is 0 Å². The zero-order valence-corrected chi connectivity index (χ0v) is 12.6. The zero-order valence-electron chi connectivity index (χ0n) is 11.8. The Kier molecular flexibility index (Phi) is 5.13. The summed E-state index contributed by atoms with van der Waals surface area (Å²) in [7, 11) is 0. The number of thioether (sulfide) groups is 1. The minimum Gasteiger partial charge on any atom is -0.493 e. The average molecular weight is 305 g/mol. The molecule has 1 unspecified atom stereocenters. The fourth-order valence-corrected chi connectivity index (χ4v) is 3.16. The van der Waals surface area contributed by atoms with Gasteiger partial charge in [-0.2, -0.15) is 16.7 Å². The van der Waals surface area contributed by atoms with E-state index >= 15 is 0 Å². The van der Waals surface area contributed by atoms with Gasteiger partial charge in [-0.15, -0.1) is 0 Å². The number of aromatic nitrogens is 2. The lowest BCUT2D eigenvalue weighted by Crippen LogP contribution is -2.38. The third kappa shape index (κ3) is 4.47. The number of nitrogens with one attached hydrogen (secondary N) is 1. The van der Waals surface area contributed by atoms with Gasteiger partial charge < -0.3 is 14.6 Å². The molecule has 112 valence electrons. The lowest BCUT2D eigenvalue weighted by molar-refractivity contribution is 0.313. The molecule has 1 atom stereocenters. The fraction of sp³-hybridized carbons (Fsp3) is 0.467. The summed E-state index contributed by atoms with van der Waals surface area (Å²) in [4.78, 5) is 4.43. The molecule has 0 radical (unpaired) electrons. The number of nitrogens with zero attached hydrogens (tertiary/aromatic N) is 2. The molecule has 0 bridgehead atoms. The third-order valence-electron chi connectivity index (χ3n) is 3.27. The summed E-state index contributed by atoms with van der Waals surface area (Å²) in [6, 6.07) is 10.2. The second kappa shape index (κ2) is 7.47. The van der Waals surface area contributed by atoms with Crippen molar-refractivity contribution in [1.29, 1.82) is 0 Å². The van der Waals surface area contributed by atoms with Crippen molar-refractivity contribution < 1.29 is 9.26 Å². The van der Waals surface area contributed by atoms with Crippen molar-refractivity contribution >= 4 is 11.8 Å². The van der Waals surface area contributed by atoms with Gasteiger partial charge in [0.25, 0.3) is 0 Å². The number of hydrogen-bond acceptors (Lipinski definition) is 6. The topological polar surface area (TPSA) is 60.2 Å². The maximum Gasteiger partial charge on any atom is 0.228 e. The molecule has 1 N–H and O–H groups in total. The molecule has 1 aromatic heterocycles. The van der Waals surface area contributed by atoms with E-state index in [2.05, 4.69) is 15.5 Å². The second-order valence-corrected chi connectivity index (χ2v) is 6.10. The third-order valence-corrected chi connectivity index (χ3v) is 4.40. The first-order valence-corrected chi connectivity index (χ1v) is 8.36. The molecule has 1 saturated heterocycles. The van der Waals surface area contributed by atoms with Crippen LogP contribution in [0.2, 0.25) is 0 Å². The molecule has 1 fully saturated rings. The Labute approximate surface area is 128 Å². The lowest BCUT2D eigenvalue weighted by atomic mass is 10.2. The fourth-order valence-electron chi connectivity index (χ4n) is 2.21. The Morgan fingerprint density at radius 2 is 2.24 bits per heavy atom. The maximum atomic E-state index is 5.63. The monoisotopic (exact) mass is 305 g/mol. The Balaban J connectivity index is 1.44. The molecule has 6 heteroatoms. The summed E-state index contributed by atoms with van der Waals surface area (Å²) in [6.45, 7) is 1.61. The minimum atomic E-state index is 0.442. The van der Waals surface area contributed by atoms with Gasteiger partial charge in [-0.1, -0.05) is 23.4 Å². The summed E-state index contributed by atoms with van der Waals surface area (Å²) in [5.41, 5.74) is 0. The van der Waals surface area contributed by atoms with Crippen LogP contribution in [-0.4, -0.2) is 40.8 Å². The van der Waals surface area contributed by atoms with E-state index in [1.807, 2.05) is 42.1 Å². The zero-order chi connectivity index (χ0) is 14.3. The van der Waals surface area contributed by atoms with Crippen LogP contribution in [0.3, 0.4) is 0 Å². The number of benzene rings is 1. The van der Waals surface area contributed by atoms with E-state index in [-0.39, 0.29) is 0 Å². The molecule has 2 aromatic rings. The standard InChI is InChI=1S/C15H19N3O2S/c1-2-4-13(5-3-1)19-8-6-14-17-15(20-18-14)10-12-11-21-9-7-16-12/h1-5,12,16H,6-11H2. The van der Waals surface area contributed by atoms with E-state index in [9.17, 15) is 0 Å². The molecule has 0 amide bonds. The van der Waals surface area contributed by atoms with E-state index in [0.717, 1.165) is 24.5 Å². The highest BCUT2D eigenvalue weighted by Crippen LogP contribution is 2.12.